The van der Waals surface area contributed by atoms with E-state index < -0.39 is 0 Å². The third-order valence-corrected chi connectivity index (χ3v) is 3.09. The van der Waals surface area contributed by atoms with Gasteiger partial charge in [0.2, 0.25) is 0 Å². The zero-order valence-electron chi connectivity index (χ0n) is 7.51. The van der Waals surface area contributed by atoms with Crippen LogP contribution >= 0.6 is 0 Å². The molecule has 1 saturated carbocycles. The van der Waals surface area contributed by atoms with Gasteiger partial charge in [0.1, 0.15) is 0 Å². The fourth-order valence-electron chi connectivity index (χ4n) is 1.93. The van der Waals surface area contributed by atoms with Crippen LogP contribution in [-0.4, -0.2) is 17.8 Å². The van der Waals surface area contributed by atoms with Crippen LogP contribution in [-0.2, 0) is 0 Å². The van der Waals surface area contributed by atoms with Gasteiger partial charge >= 0.3 is 0 Å². The fraction of sp³-hybridized carbons (Fsp3) is 1.00. The van der Waals surface area contributed by atoms with E-state index in [1.165, 1.54) is 6.42 Å². The van der Waals surface area contributed by atoms with Crippen molar-refractivity contribution >= 4 is 0 Å². The van der Waals surface area contributed by atoms with Crippen LogP contribution in [0, 0.1) is 11.3 Å². The Kier molecular flexibility index (Phi) is 2.55. The molecule has 1 unspecified atom stereocenters. The zero-order chi connectivity index (χ0) is 8.48. The summed E-state index contributed by atoms with van der Waals surface area (Å²) in [4.78, 5) is 0. The average molecular weight is 157 g/mol. The number of rotatable bonds is 3. The molecule has 0 amide bonds. The van der Waals surface area contributed by atoms with Crippen LogP contribution in [0.15, 0.2) is 0 Å². The Morgan fingerprint density at radius 3 is 2.09 bits per heavy atom. The third kappa shape index (κ3) is 1.42. The summed E-state index contributed by atoms with van der Waals surface area (Å²) in [5.41, 5.74) is 6.08. The van der Waals surface area contributed by atoms with Crippen molar-refractivity contribution in [3.63, 3.8) is 0 Å². The highest BCUT2D eigenvalue weighted by Crippen LogP contribution is 2.44. The molecule has 1 aliphatic carbocycles. The van der Waals surface area contributed by atoms with Gasteiger partial charge in [-0.2, -0.15) is 0 Å². The summed E-state index contributed by atoms with van der Waals surface area (Å²) in [6.45, 7) is 4.52. The van der Waals surface area contributed by atoms with Crippen LogP contribution in [0.25, 0.3) is 0 Å². The molecular formula is C9H19NO. The number of aliphatic hydroxyl groups is 1. The maximum atomic E-state index is 9.18. The number of aliphatic hydroxyl groups excluding tert-OH is 1. The van der Waals surface area contributed by atoms with Crippen LogP contribution in [0.3, 0.4) is 0 Å². The first-order valence-corrected chi connectivity index (χ1v) is 4.49. The highest BCUT2D eigenvalue weighted by molar-refractivity contribution is 4.96. The Morgan fingerprint density at radius 2 is 2.00 bits per heavy atom. The Morgan fingerprint density at radius 1 is 1.45 bits per heavy atom. The first-order chi connectivity index (χ1) is 5.12. The average Bonchev–Trinajstić information content (AvgIpc) is 1.86. The van der Waals surface area contributed by atoms with Crippen molar-refractivity contribution in [3.8, 4) is 0 Å². The molecule has 1 aliphatic rings. The summed E-state index contributed by atoms with van der Waals surface area (Å²) in [5.74, 6) is 0.488. The molecule has 0 aliphatic heterocycles. The van der Waals surface area contributed by atoms with E-state index in [2.05, 4.69) is 13.8 Å². The second-order valence-electron chi connectivity index (χ2n) is 4.14. The summed E-state index contributed by atoms with van der Waals surface area (Å²) in [7, 11) is 0. The highest BCUT2D eigenvalue weighted by Gasteiger charge is 2.42. The minimum absolute atomic E-state index is 0.0775. The molecule has 0 saturated heterocycles. The van der Waals surface area contributed by atoms with Gasteiger partial charge in [-0.3, -0.25) is 0 Å². The molecule has 0 aromatic heterocycles. The van der Waals surface area contributed by atoms with Crippen molar-refractivity contribution in [1.29, 1.82) is 0 Å². The van der Waals surface area contributed by atoms with Crippen molar-refractivity contribution < 1.29 is 5.11 Å². The van der Waals surface area contributed by atoms with Gasteiger partial charge in [0.05, 0.1) is 6.61 Å². The molecule has 3 N–H and O–H groups in total. The lowest BCUT2D eigenvalue weighted by molar-refractivity contribution is 0.00493. The van der Waals surface area contributed by atoms with Gasteiger partial charge in [-0.15, -0.1) is 0 Å². The minimum Gasteiger partial charge on any atom is -0.396 e. The largest absolute Gasteiger partial charge is 0.396 e. The summed E-state index contributed by atoms with van der Waals surface area (Å²) in [5, 5.41) is 9.18. The normalized spacial score (nSPS) is 24.8. The lowest BCUT2D eigenvalue weighted by Gasteiger charge is -2.46. The van der Waals surface area contributed by atoms with Crippen molar-refractivity contribution in [2.75, 3.05) is 6.61 Å². The Balaban J connectivity index is 2.54. The Hall–Kier alpha value is -0.0800. The molecule has 0 aromatic rings. The predicted molar refractivity (Wildman–Crippen MR) is 46.2 cm³/mol. The highest BCUT2D eigenvalue weighted by atomic mass is 16.3. The van der Waals surface area contributed by atoms with Crippen LogP contribution in [0.2, 0.25) is 0 Å². The van der Waals surface area contributed by atoms with Gasteiger partial charge in [0.15, 0.2) is 0 Å². The summed E-state index contributed by atoms with van der Waals surface area (Å²) in [6.07, 6.45) is 3.46. The molecule has 11 heavy (non-hydrogen) atoms. The maximum Gasteiger partial charge on any atom is 0.0502 e. The molecule has 1 fully saturated rings. The van der Waals surface area contributed by atoms with Gasteiger partial charge in [0.25, 0.3) is 0 Å². The van der Waals surface area contributed by atoms with E-state index >= 15 is 0 Å². The summed E-state index contributed by atoms with van der Waals surface area (Å²) < 4.78 is 0. The molecule has 1 rings (SSSR count). The standard InChI is InChI=1S/C9H19NO/c1-7(2)8(10)9(6-11)4-3-5-9/h7-8,11H,3-6,10H2,1-2H3. The Bertz CT molecular complexity index is 124. The molecule has 2 nitrogen and oxygen atoms in total. The van der Waals surface area contributed by atoms with E-state index in [0.29, 0.717) is 5.92 Å². The number of nitrogens with two attached hydrogens (primary N) is 1. The van der Waals surface area contributed by atoms with Gasteiger partial charge in [-0.25, -0.2) is 0 Å². The second kappa shape index (κ2) is 3.11. The number of hydrogen-bond acceptors (Lipinski definition) is 2. The van der Waals surface area contributed by atoms with E-state index in [1.807, 2.05) is 0 Å². The van der Waals surface area contributed by atoms with Crippen molar-refractivity contribution in [1.82, 2.24) is 0 Å². The molecule has 0 heterocycles. The first kappa shape index (κ1) is 9.01. The fourth-order valence-corrected chi connectivity index (χ4v) is 1.93. The van der Waals surface area contributed by atoms with Gasteiger partial charge in [-0.05, 0) is 18.8 Å². The lowest BCUT2D eigenvalue weighted by atomic mass is 9.62. The van der Waals surface area contributed by atoms with Crippen LogP contribution in [0.4, 0.5) is 0 Å². The smallest absolute Gasteiger partial charge is 0.0502 e. The maximum absolute atomic E-state index is 9.18. The first-order valence-electron chi connectivity index (χ1n) is 4.49. The molecule has 0 bridgehead atoms. The van der Waals surface area contributed by atoms with E-state index in [0.717, 1.165) is 12.8 Å². The van der Waals surface area contributed by atoms with E-state index in [4.69, 9.17) is 5.73 Å². The van der Waals surface area contributed by atoms with E-state index in [-0.39, 0.29) is 18.1 Å². The SMILES string of the molecule is CC(C)C(N)C1(CO)CCC1. The Labute approximate surface area is 68.8 Å². The van der Waals surface area contributed by atoms with Gasteiger partial charge in [0, 0.05) is 11.5 Å². The third-order valence-electron chi connectivity index (χ3n) is 3.09. The second-order valence-corrected chi connectivity index (χ2v) is 4.14. The monoisotopic (exact) mass is 157 g/mol. The lowest BCUT2D eigenvalue weighted by Crippen LogP contribution is -2.51. The van der Waals surface area contributed by atoms with Gasteiger partial charge < -0.3 is 10.8 Å². The molecule has 1 atom stereocenters. The van der Waals surface area contributed by atoms with Crippen molar-refractivity contribution in [3.05, 3.63) is 0 Å². The van der Waals surface area contributed by atoms with Crippen LogP contribution < -0.4 is 5.73 Å². The van der Waals surface area contributed by atoms with E-state index in [1.54, 1.807) is 0 Å². The minimum atomic E-state index is 0.0775. The summed E-state index contributed by atoms with van der Waals surface area (Å²) in [6, 6.07) is 0.182. The number of hydrogen-bond donors (Lipinski definition) is 2. The summed E-state index contributed by atoms with van der Waals surface area (Å²) >= 11 is 0. The predicted octanol–water partition coefficient (Wildman–Crippen LogP) is 1.13. The molecule has 0 radical (unpaired) electrons. The molecule has 66 valence electrons. The quantitative estimate of drug-likeness (QED) is 0.645. The van der Waals surface area contributed by atoms with Crippen molar-refractivity contribution in [2.45, 2.75) is 39.2 Å². The topological polar surface area (TPSA) is 46.2 Å². The van der Waals surface area contributed by atoms with Crippen molar-refractivity contribution in [2.24, 2.45) is 17.1 Å². The molecule has 0 spiro atoms. The molecule has 0 aromatic carbocycles. The van der Waals surface area contributed by atoms with E-state index in [9.17, 15) is 5.11 Å². The van der Waals surface area contributed by atoms with Crippen LogP contribution in [0.5, 0.6) is 0 Å². The van der Waals surface area contributed by atoms with Gasteiger partial charge in [-0.1, -0.05) is 20.3 Å². The molecule has 2 heteroatoms. The van der Waals surface area contributed by atoms with Crippen LogP contribution in [0.1, 0.15) is 33.1 Å². The molecular weight excluding hydrogens is 138 g/mol. The zero-order valence-corrected chi connectivity index (χ0v) is 7.51.